The number of sulfonamides is 1. The third-order valence-electron chi connectivity index (χ3n) is 4.56. The van der Waals surface area contributed by atoms with Crippen molar-refractivity contribution in [3.8, 4) is 0 Å². The summed E-state index contributed by atoms with van der Waals surface area (Å²) in [6, 6.07) is 8.35. The monoisotopic (exact) mass is 389 g/mol. The maximum absolute atomic E-state index is 12.3. The van der Waals surface area contributed by atoms with Crippen LogP contribution in [-0.2, 0) is 16.4 Å². The number of hydrogen-bond donors (Lipinski definition) is 3. The van der Waals surface area contributed by atoms with Gasteiger partial charge in [0, 0.05) is 18.7 Å². The molecule has 1 aromatic carbocycles. The van der Waals surface area contributed by atoms with E-state index in [1.165, 1.54) is 31.3 Å². The molecule has 1 aromatic heterocycles. The molecule has 1 amide bonds. The Morgan fingerprint density at radius 2 is 1.85 bits per heavy atom. The fraction of sp³-hybridized carbons (Fsp3) is 0.389. The van der Waals surface area contributed by atoms with Crippen molar-refractivity contribution in [2.75, 3.05) is 11.9 Å². The first-order valence-electron chi connectivity index (χ1n) is 8.90. The van der Waals surface area contributed by atoms with Gasteiger partial charge in [-0.15, -0.1) is 0 Å². The average molecular weight is 389 g/mol. The van der Waals surface area contributed by atoms with Gasteiger partial charge in [-0.1, -0.05) is 25.0 Å². The molecule has 0 atom stereocenters. The summed E-state index contributed by atoms with van der Waals surface area (Å²) < 4.78 is 22.5. The van der Waals surface area contributed by atoms with E-state index in [0.29, 0.717) is 30.5 Å². The largest absolute Gasteiger partial charge is 0.367 e. The van der Waals surface area contributed by atoms with E-state index in [1.54, 1.807) is 18.2 Å². The Hall–Kier alpha value is -2.52. The van der Waals surface area contributed by atoms with Crippen LogP contribution in [0.25, 0.3) is 0 Å². The molecule has 144 valence electrons. The normalized spacial score (nSPS) is 14.9. The van der Waals surface area contributed by atoms with Crippen LogP contribution in [0.3, 0.4) is 0 Å². The quantitative estimate of drug-likeness (QED) is 0.658. The second-order valence-corrected chi connectivity index (χ2v) is 8.17. The molecule has 9 heteroatoms. The van der Waals surface area contributed by atoms with Crippen molar-refractivity contribution in [1.82, 2.24) is 15.3 Å². The second-order valence-electron chi connectivity index (χ2n) is 6.61. The standard InChI is InChI=1S/C18H23N5O3S/c19-27(25,26)15-7-5-13(6-8-15)9-10-20-18(24)16-11-17(22-12-21-16)23-14-3-1-2-4-14/h5-8,11-12,14H,1-4,9-10H2,(H,20,24)(H2,19,25,26)(H,21,22,23). The van der Waals surface area contributed by atoms with Crippen LogP contribution in [0.4, 0.5) is 5.82 Å². The maximum atomic E-state index is 12.3. The van der Waals surface area contributed by atoms with Crippen molar-refractivity contribution in [2.45, 2.75) is 43.0 Å². The van der Waals surface area contributed by atoms with Gasteiger partial charge in [0.25, 0.3) is 5.91 Å². The van der Waals surface area contributed by atoms with Gasteiger partial charge in [-0.3, -0.25) is 4.79 Å². The Labute approximate surface area is 158 Å². The number of benzene rings is 1. The summed E-state index contributed by atoms with van der Waals surface area (Å²) in [6.45, 7) is 0.406. The first kappa shape index (κ1) is 19.2. The lowest BCUT2D eigenvalue weighted by molar-refractivity contribution is 0.0949. The first-order valence-corrected chi connectivity index (χ1v) is 10.4. The Morgan fingerprint density at radius 3 is 2.52 bits per heavy atom. The molecule has 1 saturated carbocycles. The van der Waals surface area contributed by atoms with Crippen LogP contribution in [0.5, 0.6) is 0 Å². The molecule has 27 heavy (non-hydrogen) atoms. The molecule has 1 heterocycles. The number of anilines is 1. The molecule has 0 unspecified atom stereocenters. The van der Waals surface area contributed by atoms with E-state index in [1.807, 2.05) is 0 Å². The van der Waals surface area contributed by atoms with E-state index in [0.717, 1.165) is 18.4 Å². The van der Waals surface area contributed by atoms with Crippen LogP contribution in [0.2, 0.25) is 0 Å². The van der Waals surface area contributed by atoms with E-state index in [4.69, 9.17) is 5.14 Å². The molecule has 3 rings (SSSR count). The van der Waals surface area contributed by atoms with E-state index >= 15 is 0 Å². The Morgan fingerprint density at radius 1 is 1.15 bits per heavy atom. The number of aromatic nitrogens is 2. The Balaban J connectivity index is 1.51. The highest BCUT2D eigenvalue weighted by molar-refractivity contribution is 7.89. The van der Waals surface area contributed by atoms with Crippen molar-refractivity contribution < 1.29 is 13.2 Å². The van der Waals surface area contributed by atoms with Crippen LogP contribution in [0.1, 0.15) is 41.7 Å². The summed E-state index contributed by atoms with van der Waals surface area (Å²) in [5, 5.41) is 11.2. The molecule has 0 radical (unpaired) electrons. The number of rotatable bonds is 7. The zero-order valence-electron chi connectivity index (χ0n) is 14.9. The molecule has 8 nitrogen and oxygen atoms in total. The van der Waals surface area contributed by atoms with Gasteiger partial charge in [0.05, 0.1) is 4.90 Å². The fourth-order valence-electron chi connectivity index (χ4n) is 3.10. The number of hydrogen-bond acceptors (Lipinski definition) is 6. The highest BCUT2D eigenvalue weighted by Crippen LogP contribution is 2.21. The smallest absolute Gasteiger partial charge is 0.270 e. The summed E-state index contributed by atoms with van der Waals surface area (Å²) >= 11 is 0. The lowest BCUT2D eigenvalue weighted by Gasteiger charge is -2.12. The van der Waals surface area contributed by atoms with Gasteiger partial charge in [0.2, 0.25) is 10.0 Å². The van der Waals surface area contributed by atoms with Crippen LogP contribution in [-0.4, -0.2) is 36.9 Å². The van der Waals surface area contributed by atoms with Gasteiger partial charge in [-0.05, 0) is 37.0 Å². The predicted molar refractivity (Wildman–Crippen MR) is 102 cm³/mol. The number of primary sulfonamides is 1. The molecular weight excluding hydrogens is 366 g/mol. The number of nitrogens with one attached hydrogen (secondary N) is 2. The van der Waals surface area contributed by atoms with Crippen molar-refractivity contribution in [3.05, 3.63) is 47.9 Å². The highest BCUT2D eigenvalue weighted by atomic mass is 32.2. The van der Waals surface area contributed by atoms with Crippen molar-refractivity contribution in [3.63, 3.8) is 0 Å². The SMILES string of the molecule is NS(=O)(=O)c1ccc(CCNC(=O)c2cc(NC3CCCC3)ncn2)cc1. The zero-order chi connectivity index (χ0) is 19.3. The maximum Gasteiger partial charge on any atom is 0.270 e. The van der Waals surface area contributed by atoms with Gasteiger partial charge in [-0.25, -0.2) is 23.5 Å². The zero-order valence-corrected chi connectivity index (χ0v) is 15.7. The van der Waals surface area contributed by atoms with E-state index < -0.39 is 10.0 Å². The number of nitrogens with zero attached hydrogens (tertiary/aromatic N) is 2. The molecule has 4 N–H and O–H groups in total. The Bertz CT molecular complexity index is 893. The second kappa shape index (κ2) is 8.45. The van der Waals surface area contributed by atoms with E-state index in [9.17, 15) is 13.2 Å². The fourth-order valence-corrected chi connectivity index (χ4v) is 3.61. The highest BCUT2D eigenvalue weighted by Gasteiger charge is 2.16. The topological polar surface area (TPSA) is 127 Å². The van der Waals surface area contributed by atoms with Crippen molar-refractivity contribution >= 4 is 21.7 Å². The number of carbonyl (C=O) groups is 1. The molecule has 0 aliphatic heterocycles. The molecule has 1 aliphatic rings. The van der Waals surface area contributed by atoms with Crippen LogP contribution < -0.4 is 15.8 Å². The number of nitrogens with two attached hydrogens (primary N) is 1. The summed E-state index contributed by atoms with van der Waals surface area (Å²) in [5.41, 5.74) is 1.21. The lowest BCUT2D eigenvalue weighted by atomic mass is 10.1. The summed E-state index contributed by atoms with van der Waals surface area (Å²) in [7, 11) is -3.69. The van der Waals surface area contributed by atoms with Gasteiger partial charge in [0.15, 0.2) is 0 Å². The van der Waals surface area contributed by atoms with Gasteiger partial charge >= 0.3 is 0 Å². The third-order valence-corrected chi connectivity index (χ3v) is 5.49. The molecular formula is C18H23N5O3S. The van der Waals surface area contributed by atoms with Crippen molar-refractivity contribution in [1.29, 1.82) is 0 Å². The third kappa shape index (κ3) is 5.48. The van der Waals surface area contributed by atoms with Gasteiger partial charge < -0.3 is 10.6 Å². The summed E-state index contributed by atoms with van der Waals surface area (Å²) in [6.07, 6.45) is 6.63. The number of carbonyl (C=O) groups excluding carboxylic acids is 1. The molecule has 2 aromatic rings. The van der Waals surface area contributed by atoms with Gasteiger partial charge in [-0.2, -0.15) is 0 Å². The minimum Gasteiger partial charge on any atom is -0.367 e. The van der Waals surface area contributed by atoms with Crippen LogP contribution in [0.15, 0.2) is 41.6 Å². The summed E-state index contributed by atoms with van der Waals surface area (Å²) in [4.78, 5) is 20.6. The minimum atomic E-state index is -3.69. The van der Waals surface area contributed by atoms with Gasteiger partial charge in [0.1, 0.15) is 17.8 Å². The lowest BCUT2D eigenvalue weighted by Crippen LogP contribution is -2.27. The number of amides is 1. The van der Waals surface area contributed by atoms with Crippen LogP contribution >= 0.6 is 0 Å². The molecule has 1 aliphatic carbocycles. The average Bonchev–Trinajstić information content (AvgIpc) is 3.14. The molecule has 0 bridgehead atoms. The van der Waals surface area contributed by atoms with E-state index in [-0.39, 0.29) is 10.8 Å². The molecule has 1 fully saturated rings. The minimum absolute atomic E-state index is 0.0681. The van der Waals surface area contributed by atoms with Crippen molar-refractivity contribution in [2.24, 2.45) is 5.14 Å². The summed E-state index contributed by atoms with van der Waals surface area (Å²) in [5.74, 6) is 0.397. The molecule has 0 spiro atoms. The Kier molecular flexibility index (Phi) is 6.02. The van der Waals surface area contributed by atoms with Crippen LogP contribution in [0, 0.1) is 0 Å². The predicted octanol–water partition coefficient (Wildman–Crippen LogP) is 1.45. The molecule has 0 saturated heterocycles. The van der Waals surface area contributed by atoms with E-state index in [2.05, 4.69) is 20.6 Å². The first-order chi connectivity index (χ1) is 12.9.